The number of carbonyl (C=O) groups excluding carboxylic acids is 1. The zero-order chi connectivity index (χ0) is 6.57. The van der Waals surface area contributed by atoms with Crippen LogP contribution in [-0.2, 0) is 4.79 Å². The third-order valence-electron chi connectivity index (χ3n) is 0.677. The van der Waals surface area contributed by atoms with Gasteiger partial charge in [0.05, 0.1) is 0 Å². The van der Waals surface area contributed by atoms with Crippen molar-refractivity contribution in [3.05, 3.63) is 0 Å². The van der Waals surface area contributed by atoms with Gasteiger partial charge in [-0.3, -0.25) is 4.79 Å². The van der Waals surface area contributed by atoms with Gasteiger partial charge in [-0.25, -0.2) is 0 Å². The van der Waals surface area contributed by atoms with Crippen molar-refractivity contribution < 1.29 is 10.5 Å². The van der Waals surface area contributed by atoms with E-state index in [4.69, 9.17) is 0 Å². The van der Waals surface area contributed by atoms with E-state index < -0.39 is 0 Å². The second-order valence-corrected chi connectivity index (χ2v) is 1.97. The molecule has 8 heavy (non-hydrogen) atoms. The van der Waals surface area contributed by atoms with Crippen LogP contribution in [0.1, 0.15) is 13.8 Å². The molecule has 0 bridgehead atoms. The Labute approximate surface area is 49.3 Å². The summed E-state index contributed by atoms with van der Waals surface area (Å²) in [5.41, 5.74) is 3.43. The third kappa shape index (κ3) is 3.61. The summed E-state index contributed by atoms with van der Waals surface area (Å²) in [5, 5.41) is 2.69. The summed E-state index contributed by atoms with van der Waals surface area (Å²) in [6, 6.07) is 0.240. The first-order valence-corrected chi connectivity index (χ1v) is 2.75. The largest absolute Gasteiger partial charge is 0.350 e. The van der Waals surface area contributed by atoms with Crippen molar-refractivity contribution in [1.82, 2.24) is 5.32 Å². The summed E-state index contributed by atoms with van der Waals surface area (Å²) < 4.78 is 0. The fourth-order valence-electron chi connectivity index (χ4n) is 0.394. The Kier molecular flexibility index (Phi) is 3.19. The molecule has 0 aromatic rings. The molecule has 0 aromatic heterocycles. The van der Waals surface area contributed by atoms with E-state index in [1.807, 2.05) is 13.8 Å². The summed E-state index contributed by atoms with van der Waals surface area (Å²) in [5.74, 6) is 0.0139. The second-order valence-electron chi connectivity index (χ2n) is 1.97. The molecule has 0 rings (SSSR count). The van der Waals surface area contributed by atoms with Crippen molar-refractivity contribution >= 4 is 5.91 Å². The molecule has 0 spiro atoms. The molecule has 0 aromatic carbocycles. The van der Waals surface area contributed by atoms with Crippen LogP contribution >= 0.6 is 0 Å². The number of quaternary nitrogens is 1. The van der Waals surface area contributed by atoms with Gasteiger partial charge in [-0.15, -0.1) is 0 Å². The van der Waals surface area contributed by atoms with Crippen LogP contribution in [0.3, 0.4) is 0 Å². The lowest BCUT2D eigenvalue weighted by molar-refractivity contribution is -0.355. The van der Waals surface area contributed by atoms with Crippen molar-refractivity contribution in [3.8, 4) is 0 Å². The number of hydrogen-bond acceptors (Lipinski definition) is 1. The summed E-state index contributed by atoms with van der Waals surface area (Å²) >= 11 is 0. The molecule has 0 radical (unpaired) electrons. The first-order valence-electron chi connectivity index (χ1n) is 2.75. The van der Waals surface area contributed by atoms with E-state index in [0.29, 0.717) is 6.54 Å². The van der Waals surface area contributed by atoms with Gasteiger partial charge in [0, 0.05) is 6.04 Å². The molecular formula is C5H13N2O+. The fourth-order valence-corrected chi connectivity index (χ4v) is 0.394. The number of amides is 1. The van der Waals surface area contributed by atoms with E-state index in [1.165, 1.54) is 0 Å². The molecule has 3 nitrogen and oxygen atoms in total. The van der Waals surface area contributed by atoms with Gasteiger partial charge < -0.3 is 11.1 Å². The highest BCUT2D eigenvalue weighted by atomic mass is 16.1. The van der Waals surface area contributed by atoms with Crippen molar-refractivity contribution in [1.29, 1.82) is 0 Å². The Morgan fingerprint density at radius 3 is 2.38 bits per heavy atom. The van der Waals surface area contributed by atoms with Gasteiger partial charge in [-0.05, 0) is 13.8 Å². The van der Waals surface area contributed by atoms with Gasteiger partial charge in [0.2, 0.25) is 0 Å². The highest BCUT2D eigenvalue weighted by Crippen LogP contribution is 1.72. The van der Waals surface area contributed by atoms with Crippen molar-refractivity contribution in [2.75, 3.05) is 6.54 Å². The second kappa shape index (κ2) is 3.43. The lowest BCUT2D eigenvalue weighted by atomic mass is 10.4. The van der Waals surface area contributed by atoms with Crippen LogP contribution in [0.25, 0.3) is 0 Å². The number of carbonyl (C=O) groups is 1. The Morgan fingerprint density at radius 2 is 2.25 bits per heavy atom. The fraction of sp³-hybridized carbons (Fsp3) is 0.800. The van der Waals surface area contributed by atoms with Gasteiger partial charge in [-0.1, -0.05) is 0 Å². The maximum Gasteiger partial charge on any atom is 0.275 e. The molecule has 0 saturated heterocycles. The molecule has 0 unspecified atom stereocenters. The predicted octanol–water partition coefficient (Wildman–Crippen LogP) is -1.25. The first-order chi connectivity index (χ1) is 3.66. The average molecular weight is 117 g/mol. The van der Waals surface area contributed by atoms with Crippen LogP contribution in [0, 0.1) is 0 Å². The monoisotopic (exact) mass is 117 g/mol. The van der Waals surface area contributed by atoms with E-state index in [-0.39, 0.29) is 11.9 Å². The highest BCUT2D eigenvalue weighted by molar-refractivity contribution is 5.76. The van der Waals surface area contributed by atoms with Gasteiger partial charge in [0.1, 0.15) is 0 Å². The van der Waals surface area contributed by atoms with E-state index in [0.717, 1.165) is 0 Å². The summed E-state index contributed by atoms with van der Waals surface area (Å²) in [6.45, 7) is 4.18. The van der Waals surface area contributed by atoms with Gasteiger partial charge in [0.15, 0.2) is 6.54 Å². The molecule has 1 amide bonds. The minimum absolute atomic E-state index is 0.0139. The smallest absolute Gasteiger partial charge is 0.275 e. The average Bonchev–Trinajstić information content (AvgIpc) is 1.65. The molecule has 0 heterocycles. The van der Waals surface area contributed by atoms with Crippen LogP contribution < -0.4 is 11.1 Å². The van der Waals surface area contributed by atoms with Crippen molar-refractivity contribution in [3.63, 3.8) is 0 Å². The van der Waals surface area contributed by atoms with Gasteiger partial charge in [-0.2, -0.15) is 0 Å². The Hall–Kier alpha value is -0.570. The van der Waals surface area contributed by atoms with Crippen LogP contribution in [0.2, 0.25) is 0 Å². The maximum absolute atomic E-state index is 10.4. The third-order valence-corrected chi connectivity index (χ3v) is 0.677. The predicted molar refractivity (Wildman–Crippen MR) is 31.0 cm³/mol. The highest BCUT2D eigenvalue weighted by Gasteiger charge is 1.98. The maximum atomic E-state index is 10.4. The SMILES string of the molecule is CC(C)NC(=O)C[NH3+]. The summed E-state index contributed by atoms with van der Waals surface area (Å²) in [7, 11) is 0. The first kappa shape index (κ1) is 7.43. The number of nitrogens with one attached hydrogen (secondary N) is 1. The standard InChI is InChI=1S/C5H12N2O/c1-4(2)7-5(8)3-6/h4H,3,6H2,1-2H3,(H,7,8)/p+1. The van der Waals surface area contributed by atoms with Crippen molar-refractivity contribution in [2.24, 2.45) is 0 Å². The molecule has 4 N–H and O–H groups in total. The number of hydrogen-bond donors (Lipinski definition) is 2. The number of rotatable bonds is 2. The quantitative estimate of drug-likeness (QED) is 0.466. The Bertz CT molecular complexity index is 80.5. The molecule has 0 fully saturated rings. The van der Waals surface area contributed by atoms with E-state index in [2.05, 4.69) is 11.1 Å². The van der Waals surface area contributed by atoms with Crippen molar-refractivity contribution in [2.45, 2.75) is 19.9 Å². The summed E-state index contributed by atoms with van der Waals surface area (Å²) in [6.07, 6.45) is 0. The molecular weight excluding hydrogens is 104 g/mol. The Morgan fingerprint density at radius 1 is 1.75 bits per heavy atom. The molecule has 0 atom stereocenters. The topological polar surface area (TPSA) is 56.7 Å². The van der Waals surface area contributed by atoms with Crippen LogP contribution in [0.4, 0.5) is 0 Å². The molecule has 48 valence electrons. The van der Waals surface area contributed by atoms with E-state index >= 15 is 0 Å². The van der Waals surface area contributed by atoms with Crippen LogP contribution in [0.15, 0.2) is 0 Å². The molecule has 3 heteroatoms. The molecule has 0 saturated carbocycles. The van der Waals surface area contributed by atoms with Gasteiger partial charge >= 0.3 is 0 Å². The zero-order valence-electron chi connectivity index (χ0n) is 5.40. The van der Waals surface area contributed by atoms with Crippen LogP contribution in [0.5, 0.6) is 0 Å². The van der Waals surface area contributed by atoms with E-state index in [1.54, 1.807) is 0 Å². The minimum atomic E-state index is 0.0139. The normalized spacial score (nSPS) is 9.50. The molecule has 0 aliphatic rings. The zero-order valence-corrected chi connectivity index (χ0v) is 5.40. The van der Waals surface area contributed by atoms with Crippen LogP contribution in [-0.4, -0.2) is 18.5 Å². The summed E-state index contributed by atoms with van der Waals surface area (Å²) in [4.78, 5) is 10.4. The molecule has 0 aliphatic heterocycles. The van der Waals surface area contributed by atoms with E-state index in [9.17, 15) is 4.79 Å². The van der Waals surface area contributed by atoms with Gasteiger partial charge in [0.25, 0.3) is 5.91 Å². The molecule has 0 aliphatic carbocycles. The lowest BCUT2D eigenvalue weighted by Gasteiger charge is -2.03. The Balaban J connectivity index is 3.25. The minimum Gasteiger partial charge on any atom is -0.350 e. The lowest BCUT2D eigenvalue weighted by Crippen LogP contribution is -2.57.